The molecule has 1 saturated carbocycles. The number of amides is 1. The van der Waals surface area contributed by atoms with Crippen LogP contribution in [0.2, 0.25) is 0 Å². The Morgan fingerprint density at radius 1 is 1.23 bits per heavy atom. The average molecular weight is 312 g/mol. The van der Waals surface area contributed by atoms with Crippen LogP contribution in [-0.2, 0) is 14.3 Å². The molecule has 1 amide bonds. The minimum atomic E-state index is -0.658. The third-order valence-electron chi connectivity index (χ3n) is 5.99. The lowest BCUT2D eigenvalue weighted by atomic mass is 9.58. The van der Waals surface area contributed by atoms with Gasteiger partial charge in [0, 0.05) is 25.2 Å². The Bertz CT molecular complexity index is 376. The Morgan fingerprint density at radius 3 is 2.36 bits per heavy atom. The highest BCUT2D eigenvalue weighted by Crippen LogP contribution is 2.49. The Morgan fingerprint density at radius 2 is 1.86 bits per heavy atom. The van der Waals surface area contributed by atoms with Gasteiger partial charge in [-0.1, -0.05) is 13.8 Å². The second-order valence-corrected chi connectivity index (χ2v) is 6.59. The summed E-state index contributed by atoms with van der Waals surface area (Å²) in [7, 11) is 1.65. The van der Waals surface area contributed by atoms with Gasteiger partial charge in [-0.15, -0.1) is 0 Å². The molecule has 0 spiro atoms. The van der Waals surface area contributed by atoms with E-state index in [0.717, 1.165) is 51.8 Å². The highest BCUT2D eigenvalue weighted by Gasteiger charge is 2.55. The molecule has 128 valence electrons. The highest BCUT2D eigenvalue weighted by molar-refractivity contribution is 5.85. The van der Waals surface area contributed by atoms with E-state index in [4.69, 9.17) is 9.47 Å². The van der Waals surface area contributed by atoms with Gasteiger partial charge in [-0.2, -0.15) is 0 Å². The molecule has 2 atom stereocenters. The molecule has 1 aliphatic heterocycles. The molecule has 5 heteroatoms. The van der Waals surface area contributed by atoms with Crippen molar-refractivity contribution in [3.05, 3.63) is 0 Å². The summed E-state index contributed by atoms with van der Waals surface area (Å²) in [5.41, 5.74) is -0.581. The normalized spacial score (nSPS) is 29.6. The third kappa shape index (κ3) is 2.91. The molecule has 1 aliphatic carbocycles. The molecular weight excluding hydrogens is 280 g/mol. The molecule has 2 unspecified atom stereocenters. The van der Waals surface area contributed by atoms with Crippen molar-refractivity contribution in [1.29, 1.82) is 0 Å². The largest absolute Gasteiger partial charge is 0.378 e. The fraction of sp³-hybridized carbons (Fsp3) is 0.941. The van der Waals surface area contributed by atoms with Crippen LogP contribution < -0.4 is 10.6 Å². The van der Waals surface area contributed by atoms with Crippen molar-refractivity contribution in [3.63, 3.8) is 0 Å². The van der Waals surface area contributed by atoms with Gasteiger partial charge in [-0.3, -0.25) is 4.79 Å². The molecule has 2 rings (SSSR count). The van der Waals surface area contributed by atoms with Gasteiger partial charge in [0.25, 0.3) is 5.91 Å². The number of hydrogen-bond donors (Lipinski definition) is 2. The monoisotopic (exact) mass is 312 g/mol. The van der Waals surface area contributed by atoms with Gasteiger partial charge >= 0.3 is 0 Å². The molecule has 5 nitrogen and oxygen atoms in total. The number of carbonyl (C=O) groups excluding carboxylic acids is 1. The van der Waals surface area contributed by atoms with E-state index < -0.39 is 5.60 Å². The van der Waals surface area contributed by atoms with Gasteiger partial charge in [0.2, 0.25) is 0 Å². The van der Waals surface area contributed by atoms with Crippen LogP contribution in [-0.4, -0.2) is 50.5 Å². The summed E-state index contributed by atoms with van der Waals surface area (Å²) in [6.07, 6.45) is 4.72. The van der Waals surface area contributed by atoms with Gasteiger partial charge in [0.1, 0.15) is 5.60 Å². The van der Waals surface area contributed by atoms with Crippen LogP contribution in [0.25, 0.3) is 0 Å². The minimum Gasteiger partial charge on any atom is -0.378 e. The number of methoxy groups -OCH3 is 1. The van der Waals surface area contributed by atoms with Crippen molar-refractivity contribution in [2.24, 2.45) is 5.41 Å². The maximum atomic E-state index is 12.8. The standard InChI is InChI=1S/C17H32N2O3/c1-5-16(6-2)13(12-14(16)22-7-3)19-15(20)17(21-4)8-10-18-11-9-17/h13-14,18H,5-12H2,1-4H3,(H,19,20). The molecule has 22 heavy (non-hydrogen) atoms. The molecule has 1 saturated heterocycles. The zero-order valence-corrected chi connectivity index (χ0v) is 14.5. The van der Waals surface area contributed by atoms with E-state index in [0.29, 0.717) is 0 Å². The minimum absolute atomic E-state index is 0.0581. The maximum absolute atomic E-state index is 12.8. The first-order chi connectivity index (χ1) is 10.6. The van der Waals surface area contributed by atoms with E-state index in [1.165, 1.54) is 0 Å². The number of piperidine rings is 1. The molecule has 0 radical (unpaired) electrons. The summed E-state index contributed by atoms with van der Waals surface area (Å²) in [5, 5.41) is 6.58. The van der Waals surface area contributed by atoms with Gasteiger partial charge in [0.05, 0.1) is 6.10 Å². The van der Waals surface area contributed by atoms with E-state index >= 15 is 0 Å². The Balaban J connectivity index is 2.04. The van der Waals surface area contributed by atoms with Crippen LogP contribution in [0.3, 0.4) is 0 Å². The van der Waals surface area contributed by atoms with E-state index in [9.17, 15) is 4.79 Å². The Hall–Kier alpha value is -0.650. The first-order valence-electron chi connectivity index (χ1n) is 8.77. The first kappa shape index (κ1) is 17.7. The van der Waals surface area contributed by atoms with Crippen LogP contribution in [0.4, 0.5) is 0 Å². The summed E-state index contributed by atoms with van der Waals surface area (Å²) < 4.78 is 11.5. The van der Waals surface area contributed by atoms with E-state index in [2.05, 4.69) is 24.5 Å². The summed E-state index contributed by atoms with van der Waals surface area (Å²) in [5.74, 6) is 0.0581. The van der Waals surface area contributed by atoms with E-state index in [1.54, 1.807) is 7.11 Å². The molecular formula is C17H32N2O3. The second-order valence-electron chi connectivity index (χ2n) is 6.59. The number of nitrogens with one attached hydrogen (secondary N) is 2. The maximum Gasteiger partial charge on any atom is 0.252 e. The summed E-state index contributed by atoms with van der Waals surface area (Å²) in [6, 6.07) is 0.202. The molecule has 1 heterocycles. The molecule has 0 bridgehead atoms. The molecule has 0 aromatic carbocycles. The molecule has 0 aromatic rings. The Kier molecular flexibility index (Phi) is 5.86. The fourth-order valence-electron chi connectivity index (χ4n) is 4.23. The van der Waals surface area contributed by atoms with Gasteiger partial charge in [-0.05, 0) is 52.1 Å². The molecule has 2 fully saturated rings. The van der Waals surface area contributed by atoms with Crippen molar-refractivity contribution in [1.82, 2.24) is 10.6 Å². The summed E-state index contributed by atoms with van der Waals surface area (Å²) in [6.45, 7) is 8.84. The second kappa shape index (κ2) is 7.28. The van der Waals surface area contributed by atoms with Crippen molar-refractivity contribution < 1.29 is 14.3 Å². The van der Waals surface area contributed by atoms with Gasteiger partial charge in [-0.25, -0.2) is 0 Å². The number of ether oxygens (including phenoxy) is 2. The fourth-order valence-corrected chi connectivity index (χ4v) is 4.23. The van der Waals surface area contributed by atoms with Crippen LogP contribution in [0, 0.1) is 5.41 Å². The van der Waals surface area contributed by atoms with Crippen molar-refractivity contribution in [3.8, 4) is 0 Å². The van der Waals surface area contributed by atoms with Crippen LogP contribution in [0.5, 0.6) is 0 Å². The van der Waals surface area contributed by atoms with Crippen LogP contribution >= 0.6 is 0 Å². The summed E-state index contributed by atoms with van der Waals surface area (Å²) >= 11 is 0. The van der Waals surface area contributed by atoms with Gasteiger partial charge < -0.3 is 20.1 Å². The highest BCUT2D eigenvalue weighted by atomic mass is 16.5. The zero-order chi connectivity index (χ0) is 16.2. The lowest BCUT2D eigenvalue weighted by Crippen LogP contribution is -2.67. The molecule has 2 N–H and O–H groups in total. The van der Waals surface area contributed by atoms with E-state index in [-0.39, 0.29) is 23.5 Å². The van der Waals surface area contributed by atoms with Crippen molar-refractivity contribution in [2.75, 3.05) is 26.8 Å². The topological polar surface area (TPSA) is 59.6 Å². The number of hydrogen-bond acceptors (Lipinski definition) is 4. The van der Waals surface area contributed by atoms with Crippen LogP contribution in [0.15, 0.2) is 0 Å². The molecule has 0 aromatic heterocycles. The smallest absolute Gasteiger partial charge is 0.252 e. The van der Waals surface area contributed by atoms with Crippen LogP contribution in [0.1, 0.15) is 52.9 Å². The predicted molar refractivity (Wildman–Crippen MR) is 86.8 cm³/mol. The van der Waals surface area contributed by atoms with Gasteiger partial charge in [0.15, 0.2) is 0 Å². The first-order valence-corrected chi connectivity index (χ1v) is 8.77. The number of rotatable bonds is 7. The molecule has 2 aliphatic rings. The quantitative estimate of drug-likeness (QED) is 0.753. The third-order valence-corrected chi connectivity index (χ3v) is 5.99. The lowest BCUT2D eigenvalue weighted by molar-refractivity contribution is -0.163. The SMILES string of the molecule is CCOC1CC(NC(=O)C2(OC)CCNCC2)C1(CC)CC. The Labute approximate surface area is 134 Å². The predicted octanol–water partition coefficient (Wildman–Crippen LogP) is 1.85. The lowest BCUT2D eigenvalue weighted by Gasteiger charge is -2.56. The van der Waals surface area contributed by atoms with E-state index in [1.807, 2.05) is 6.92 Å². The van der Waals surface area contributed by atoms with Crippen molar-refractivity contribution in [2.45, 2.75) is 70.6 Å². The zero-order valence-electron chi connectivity index (χ0n) is 14.5. The number of carbonyl (C=O) groups is 1. The average Bonchev–Trinajstić information content (AvgIpc) is 2.55. The summed E-state index contributed by atoms with van der Waals surface area (Å²) in [4.78, 5) is 12.8. The van der Waals surface area contributed by atoms with Crippen molar-refractivity contribution >= 4 is 5.91 Å².